The van der Waals surface area contributed by atoms with Gasteiger partial charge in [0, 0.05) is 13.0 Å². The fraction of sp³-hybridized carbons (Fsp3) is 0.474. The number of amides is 4. The van der Waals surface area contributed by atoms with Crippen LogP contribution in [0.3, 0.4) is 0 Å². The minimum absolute atomic E-state index is 0. The maximum atomic E-state index is 12.9. The van der Waals surface area contributed by atoms with Crippen molar-refractivity contribution in [3.05, 3.63) is 29.3 Å². The van der Waals surface area contributed by atoms with E-state index in [-0.39, 0.29) is 55.3 Å². The summed E-state index contributed by atoms with van der Waals surface area (Å²) in [6.45, 7) is 2.17. The fourth-order valence-electron chi connectivity index (χ4n) is 3.22. The minimum atomic E-state index is -1.01. The third-order valence-electron chi connectivity index (χ3n) is 4.55. The second kappa shape index (κ2) is 11.0. The van der Waals surface area contributed by atoms with Gasteiger partial charge in [-0.2, -0.15) is 0 Å². The molecule has 11 heteroatoms. The molecule has 0 aliphatic carbocycles. The van der Waals surface area contributed by atoms with E-state index in [9.17, 15) is 19.2 Å². The first-order valence-electron chi connectivity index (χ1n) is 9.37. The summed E-state index contributed by atoms with van der Waals surface area (Å²) in [7, 11) is 0. The van der Waals surface area contributed by atoms with E-state index in [1.807, 2.05) is 0 Å². The Hall–Kier alpha value is -2.53. The van der Waals surface area contributed by atoms with Gasteiger partial charge in [0.1, 0.15) is 18.4 Å². The number of imide groups is 2. The molecule has 2 heterocycles. The maximum Gasteiger partial charge on any atom is 0.266 e. The van der Waals surface area contributed by atoms with Crippen LogP contribution < -0.4 is 15.8 Å². The number of halogens is 1. The Morgan fingerprint density at radius 3 is 2.40 bits per heavy atom. The zero-order valence-electron chi connectivity index (χ0n) is 16.3. The second-order valence-electron chi connectivity index (χ2n) is 6.49. The zero-order chi connectivity index (χ0) is 20.8. The molecule has 0 saturated carbocycles. The van der Waals surface area contributed by atoms with Crippen molar-refractivity contribution < 1.29 is 33.4 Å². The van der Waals surface area contributed by atoms with Crippen molar-refractivity contribution in [2.24, 2.45) is 5.73 Å². The summed E-state index contributed by atoms with van der Waals surface area (Å²) in [5, 5.41) is 2.17. The molecule has 0 bridgehead atoms. The number of hydrogen-bond acceptors (Lipinski definition) is 8. The number of fused-ring (bicyclic) bond motifs is 1. The molecule has 164 valence electrons. The van der Waals surface area contributed by atoms with Crippen LogP contribution in [0.5, 0.6) is 5.75 Å². The second-order valence-corrected chi connectivity index (χ2v) is 6.49. The van der Waals surface area contributed by atoms with Crippen LogP contribution >= 0.6 is 12.4 Å². The summed E-state index contributed by atoms with van der Waals surface area (Å²) in [5.74, 6) is -1.99. The van der Waals surface area contributed by atoms with Crippen molar-refractivity contribution in [1.29, 1.82) is 0 Å². The molecule has 30 heavy (non-hydrogen) atoms. The molecule has 2 aliphatic rings. The molecular formula is C19H24ClN3O7. The first kappa shape index (κ1) is 23.7. The van der Waals surface area contributed by atoms with Gasteiger partial charge < -0.3 is 19.9 Å². The molecule has 1 saturated heterocycles. The van der Waals surface area contributed by atoms with Gasteiger partial charge in [0.15, 0.2) is 0 Å². The highest BCUT2D eigenvalue weighted by atomic mass is 35.5. The van der Waals surface area contributed by atoms with Gasteiger partial charge in [0.2, 0.25) is 11.8 Å². The van der Waals surface area contributed by atoms with Crippen LogP contribution in [-0.4, -0.2) is 74.1 Å². The van der Waals surface area contributed by atoms with Crippen LogP contribution in [0.15, 0.2) is 18.2 Å². The number of carbonyl (C=O) groups is 4. The highest BCUT2D eigenvalue weighted by Gasteiger charge is 2.45. The molecule has 1 atom stereocenters. The predicted molar refractivity (Wildman–Crippen MR) is 107 cm³/mol. The van der Waals surface area contributed by atoms with Crippen molar-refractivity contribution in [2.75, 3.05) is 39.6 Å². The Morgan fingerprint density at radius 2 is 1.70 bits per heavy atom. The molecule has 3 N–H and O–H groups in total. The molecule has 3 rings (SSSR count). The molecule has 1 fully saturated rings. The molecule has 0 radical (unpaired) electrons. The summed E-state index contributed by atoms with van der Waals surface area (Å²) < 4.78 is 16.2. The maximum absolute atomic E-state index is 12.9. The highest BCUT2D eigenvalue weighted by Crippen LogP contribution is 2.33. The van der Waals surface area contributed by atoms with Crippen LogP contribution in [0.1, 0.15) is 33.6 Å². The van der Waals surface area contributed by atoms with Crippen molar-refractivity contribution >= 4 is 36.0 Å². The summed E-state index contributed by atoms with van der Waals surface area (Å²) in [5.41, 5.74) is 5.61. The molecule has 1 aromatic rings. The minimum Gasteiger partial charge on any atom is -0.490 e. The van der Waals surface area contributed by atoms with E-state index in [0.29, 0.717) is 26.4 Å². The Labute approximate surface area is 179 Å². The lowest BCUT2D eigenvalue weighted by Crippen LogP contribution is -2.54. The van der Waals surface area contributed by atoms with Crippen molar-refractivity contribution in [3.8, 4) is 5.75 Å². The molecule has 1 unspecified atom stereocenters. The standard InChI is InChI=1S/C19H23N3O7.ClH/c20-6-7-27-8-9-28-10-11-29-14-3-1-2-12-16(14)19(26)22(18(12)25)13-4-5-15(23)21-17(13)24;/h1-3,13H,4-11,20H2,(H,21,23,24);1H. The van der Waals surface area contributed by atoms with Gasteiger partial charge in [-0.1, -0.05) is 6.07 Å². The van der Waals surface area contributed by atoms with Gasteiger partial charge in [0.05, 0.1) is 37.6 Å². The van der Waals surface area contributed by atoms with Gasteiger partial charge in [0.25, 0.3) is 11.8 Å². The Morgan fingerprint density at radius 1 is 1.00 bits per heavy atom. The first-order chi connectivity index (χ1) is 14.0. The average molecular weight is 442 g/mol. The van der Waals surface area contributed by atoms with Crippen molar-refractivity contribution in [1.82, 2.24) is 10.2 Å². The molecule has 1 aromatic carbocycles. The summed E-state index contributed by atoms with van der Waals surface area (Å²) in [6, 6.07) is 3.70. The van der Waals surface area contributed by atoms with Gasteiger partial charge >= 0.3 is 0 Å². The Kier molecular flexibility index (Phi) is 8.72. The van der Waals surface area contributed by atoms with E-state index in [1.54, 1.807) is 12.1 Å². The number of benzene rings is 1. The number of ether oxygens (including phenoxy) is 3. The smallest absolute Gasteiger partial charge is 0.266 e. The number of piperidine rings is 1. The van der Waals surface area contributed by atoms with Crippen LogP contribution in [0, 0.1) is 0 Å². The van der Waals surface area contributed by atoms with Crippen molar-refractivity contribution in [3.63, 3.8) is 0 Å². The SMILES string of the molecule is Cl.NCCOCCOCCOc1cccc2c1C(=O)N(C1CCC(=O)NC1=O)C2=O. The average Bonchev–Trinajstić information content (AvgIpc) is 2.95. The lowest BCUT2D eigenvalue weighted by Gasteiger charge is -2.27. The molecule has 4 amide bonds. The lowest BCUT2D eigenvalue weighted by molar-refractivity contribution is -0.136. The number of carbonyl (C=O) groups excluding carboxylic acids is 4. The lowest BCUT2D eigenvalue weighted by atomic mass is 10.0. The summed E-state index contributed by atoms with van der Waals surface area (Å²) in [4.78, 5) is 50.0. The van der Waals surface area contributed by atoms with E-state index in [4.69, 9.17) is 19.9 Å². The van der Waals surface area contributed by atoms with E-state index in [2.05, 4.69) is 5.32 Å². The normalized spacial score (nSPS) is 18.2. The third-order valence-corrected chi connectivity index (χ3v) is 4.55. The van der Waals surface area contributed by atoms with E-state index in [0.717, 1.165) is 4.90 Å². The van der Waals surface area contributed by atoms with Crippen LogP contribution in [0.2, 0.25) is 0 Å². The van der Waals surface area contributed by atoms with Gasteiger partial charge in [-0.3, -0.25) is 29.4 Å². The van der Waals surface area contributed by atoms with Crippen LogP contribution in [-0.2, 0) is 19.1 Å². The van der Waals surface area contributed by atoms with E-state index >= 15 is 0 Å². The molecule has 0 spiro atoms. The van der Waals surface area contributed by atoms with E-state index < -0.39 is 29.7 Å². The van der Waals surface area contributed by atoms with Crippen molar-refractivity contribution in [2.45, 2.75) is 18.9 Å². The number of hydrogen-bond donors (Lipinski definition) is 2. The zero-order valence-corrected chi connectivity index (χ0v) is 17.1. The summed E-state index contributed by atoms with van der Waals surface area (Å²) >= 11 is 0. The molecule has 2 aliphatic heterocycles. The number of rotatable bonds is 10. The van der Waals surface area contributed by atoms with Gasteiger partial charge in [-0.15, -0.1) is 12.4 Å². The summed E-state index contributed by atoms with van der Waals surface area (Å²) in [6.07, 6.45) is 0.173. The number of nitrogens with one attached hydrogen (secondary N) is 1. The predicted octanol–water partition coefficient (Wildman–Crippen LogP) is -0.120. The largest absolute Gasteiger partial charge is 0.490 e. The molecular weight excluding hydrogens is 418 g/mol. The Balaban J connectivity index is 0.00000320. The number of nitrogens with zero attached hydrogens (tertiary/aromatic N) is 1. The quantitative estimate of drug-likeness (QED) is 0.378. The molecule has 0 aromatic heterocycles. The first-order valence-corrected chi connectivity index (χ1v) is 9.37. The topological polar surface area (TPSA) is 137 Å². The van der Waals surface area contributed by atoms with Crippen LogP contribution in [0.4, 0.5) is 0 Å². The highest BCUT2D eigenvalue weighted by molar-refractivity contribution is 6.24. The van der Waals surface area contributed by atoms with Crippen LogP contribution in [0.25, 0.3) is 0 Å². The van der Waals surface area contributed by atoms with Gasteiger partial charge in [-0.25, -0.2) is 0 Å². The third kappa shape index (κ3) is 5.14. The number of nitrogens with two attached hydrogens (primary N) is 1. The fourth-order valence-corrected chi connectivity index (χ4v) is 3.22. The Bertz CT molecular complexity index is 817. The van der Waals surface area contributed by atoms with Gasteiger partial charge in [-0.05, 0) is 18.6 Å². The monoisotopic (exact) mass is 441 g/mol. The molecule has 10 nitrogen and oxygen atoms in total. The van der Waals surface area contributed by atoms with E-state index in [1.165, 1.54) is 6.07 Å².